The van der Waals surface area contributed by atoms with E-state index in [1.165, 1.54) is 13.2 Å². The maximum absolute atomic E-state index is 14.1. The van der Waals surface area contributed by atoms with E-state index in [2.05, 4.69) is 18.2 Å². The summed E-state index contributed by atoms with van der Waals surface area (Å²) in [5.74, 6) is 2.93. The highest BCUT2D eigenvalue weighted by Gasteiger charge is 2.15. The fraction of sp³-hybridized carbons (Fsp3) is 0.500. The number of terminal acetylenes is 1. The van der Waals surface area contributed by atoms with Crippen LogP contribution >= 0.6 is 0 Å². The molecule has 0 heterocycles. The van der Waals surface area contributed by atoms with Crippen molar-refractivity contribution in [2.45, 2.75) is 38.6 Å². The molecule has 1 aromatic rings. The molecular weight excluding hydrogens is 241 g/mol. The molecule has 0 fully saturated rings. The Hall–Kier alpha value is -1.53. The fourth-order valence-corrected chi connectivity index (χ4v) is 2.01. The minimum Gasteiger partial charge on any atom is -0.497 e. The van der Waals surface area contributed by atoms with E-state index in [0.29, 0.717) is 11.3 Å². The maximum Gasteiger partial charge on any atom is 0.131 e. The number of nitrogens with one attached hydrogen (secondary N) is 1. The van der Waals surface area contributed by atoms with Gasteiger partial charge in [-0.15, -0.1) is 12.3 Å². The number of hydrogen-bond donors (Lipinski definition) is 1. The summed E-state index contributed by atoms with van der Waals surface area (Å²) in [5.41, 5.74) is 0.686. The zero-order valence-corrected chi connectivity index (χ0v) is 11.7. The second-order valence-electron chi connectivity index (χ2n) is 4.49. The first kappa shape index (κ1) is 15.5. The molecule has 0 amide bonds. The third-order valence-electron chi connectivity index (χ3n) is 3.04. The molecule has 1 atom stereocenters. The number of benzene rings is 1. The van der Waals surface area contributed by atoms with Crippen LogP contribution < -0.4 is 10.1 Å². The van der Waals surface area contributed by atoms with Crippen LogP contribution in [0.5, 0.6) is 5.75 Å². The van der Waals surface area contributed by atoms with Gasteiger partial charge in [0.1, 0.15) is 11.6 Å². The van der Waals surface area contributed by atoms with Gasteiger partial charge in [0.25, 0.3) is 0 Å². The van der Waals surface area contributed by atoms with Crippen LogP contribution in [0.4, 0.5) is 4.39 Å². The standard InChI is InChI=1S/C16H22FNO/c1-4-6-7-8-16(18-11-5-2)14-10-9-13(19-3)12-15(14)17/h1,9-10,12,16,18H,5-8,11H2,2-3H3. The summed E-state index contributed by atoms with van der Waals surface area (Å²) in [6, 6.07) is 5.02. The van der Waals surface area contributed by atoms with E-state index in [9.17, 15) is 4.39 Å². The molecule has 1 aromatic carbocycles. The van der Waals surface area contributed by atoms with Crippen molar-refractivity contribution in [1.29, 1.82) is 0 Å². The molecular formula is C16H22FNO. The molecule has 1 N–H and O–H groups in total. The summed E-state index contributed by atoms with van der Waals surface area (Å²) in [6.45, 7) is 2.96. The molecule has 104 valence electrons. The first-order valence-electron chi connectivity index (χ1n) is 6.73. The summed E-state index contributed by atoms with van der Waals surface area (Å²) in [5, 5.41) is 3.37. The lowest BCUT2D eigenvalue weighted by atomic mass is 10.00. The molecule has 0 radical (unpaired) electrons. The van der Waals surface area contributed by atoms with E-state index >= 15 is 0 Å². The molecule has 0 aliphatic heterocycles. The van der Waals surface area contributed by atoms with Gasteiger partial charge in [0.05, 0.1) is 7.11 Å². The van der Waals surface area contributed by atoms with Crippen molar-refractivity contribution in [3.63, 3.8) is 0 Å². The quantitative estimate of drug-likeness (QED) is 0.570. The van der Waals surface area contributed by atoms with E-state index < -0.39 is 0 Å². The van der Waals surface area contributed by atoms with Gasteiger partial charge in [-0.05, 0) is 31.9 Å². The average Bonchev–Trinajstić information content (AvgIpc) is 2.43. The first-order valence-corrected chi connectivity index (χ1v) is 6.73. The van der Waals surface area contributed by atoms with Crippen molar-refractivity contribution in [3.05, 3.63) is 29.6 Å². The first-order chi connectivity index (χ1) is 9.22. The van der Waals surface area contributed by atoms with E-state index in [-0.39, 0.29) is 11.9 Å². The van der Waals surface area contributed by atoms with Gasteiger partial charge in [-0.2, -0.15) is 0 Å². The lowest BCUT2D eigenvalue weighted by molar-refractivity contribution is 0.407. The summed E-state index contributed by atoms with van der Waals surface area (Å²) in [7, 11) is 1.54. The SMILES string of the molecule is C#CCCCC(NCCC)c1ccc(OC)cc1F. The number of halogens is 1. The van der Waals surface area contributed by atoms with Gasteiger partial charge in [0.15, 0.2) is 0 Å². The number of methoxy groups -OCH3 is 1. The number of unbranched alkanes of at least 4 members (excludes halogenated alkanes) is 1. The van der Waals surface area contributed by atoms with Crippen molar-refractivity contribution < 1.29 is 9.13 Å². The molecule has 1 unspecified atom stereocenters. The van der Waals surface area contributed by atoms with Gasteiger partial charge in [-0.1, -0.05) is 13.0 Å². The monoisotopic (exact) mass is 263 g/mol. The van der Waals surface area contributed by atoms with E-state index in [4.69, 9.17) is 11.2 Å². The molecule has 19 heavy (non-hydrogen) atoms. The second kappa shape index (κ2) is 8.55. The van der Waals surface area contributed by atoms with Crippen LogP contribution in [0.2, 0.25) is 0 Å². The number of ether oxygens (including phenoxy) is 1. The van der Waals surface area contributed by atoms with Crippen LogP contribution in [-0.2, 0) is 0 Å². The molecule has 1 rings (SSSR count). The topological polar surface area (TPSA) is 21.3 Å². The molecule has 0 saturated heterocycles. The molecule has 3 heteroatoms. The Bertz CT molecular complexity index is 425. The average molecular weight is 263 g/mol. The largest absolute Gasteiger partial charge is 0.497 e. The van der Waals surface area contributed by atoms with Crippen LogP contribution in [0.25, 0.3) is 0 Å². The zero-order valence-electron chi connectivity index (χ0n) is 11.7. The molecule has 0 bridgehead atoms. The maximum atomic E-state index is 14.1. The predicted octanol–water partition coefficient (Wildman–Crippen LogP) is 3.68. The summed E-state index contributed by atoms with van der Waals surface area (Å²) in [6.07, 6.45) is 8.73. The Kier molecular flexibility index (Phi) is 6.99. The third-order valence-corrected chi connectivity index (χ3v) is 3.04. The minimum atomic E-state index is -0.228. The summed E-state index contributed by atoms with van der Waals surface area (Å²) in [4.78, 5) is 0. The van der Waals surface area contributed by atoms with Gasteiger partial charge in [0.2, 0.25) is 0 Å². The van der Waals surface area contributed by atoms with Crippen molar-refractivity contribution >= 4 is 0 Å². The van der Waals surface area contributed by atoms with Crippen molar-refractivity contribution in [1.82, 2.24) is 5.32 Å². The fourth-order valence-electron chi connectivity index (χ4n) is 2.01. The normalized spacial score (nSPS) is 11.9. The Morgan fingerprint density at radius 1 is 1.47 bits per heavy atom. The Balaban J connectivity index is 2.80. The third kappa shape index (κ3) is 4.92. The van der Waals surface area contributed by atoms with Crippen LogP contribution in [0.3, 0.4) is 0 Å². The van der Waals surface area contributed by atoms with Crippen LogP contribution in [0.1, 0.15) is 44.2 Å². The van der Waals surface area contributed by atoms with E-state index in [1.807, 2.05) is 0 Å². The lowest BCUT2D eigenvalue weighted by Gasteiger charge is -2.19. The predicted molar refractivity (Wildman–Crippen MR) is 76.7 cm³/mol. The number of rotatable bonds is 8. The summed E-state index contributed by atoms with van der Waals surface area (Å²) >= 11 is 0. The molecule has 0 saturated carbocycles. The van der Waals surface area contributed by atoms with Gasteiger partial charge < -0.3 is 10.1 Å². The van der Waals surface area contributed by atoms with Crippen LogP contribution in [0, 0.1) is 18.2 Å². The molecule has 0 aliphatic carbocycles. The number of hydrogen-bond acceptors (Lipinski definition) is 2. The highest BCUT2D eigenvalue weighted by molar-refractivity contribution is 5.30. The molecule has 2 nitrogen and oxygen atoms in total. The highest BCUT2D eigenvalue weighted by Crippen LogP contribution is 2.25. The van der Waals surface area contributed by atoms with Gasteiger partial charge in [0, 0.05) is 24.1 Å². The Labute approximate surface area is 115 Å². The van der Waals surface area contributed by atoms with Crippen LogP contribution in [0.15, 0.2) is 18.2 Å². The molecule has 0 spiro atoms. The Morgan fingerprint density at radius 3 is 2.84 bits per heavy atom. The second-order valence-corrected chi connectivity index (χ2v) is 4.49. The van der Waals surface area contributed by atoms with E-state index in [0.717, 1.165) is 32.2 Å². The van der Waals surface area contributed by atoms with Crippen molar-refractivity contribution in [3.8, 4) is 18.1 Å². The van der Waals surface area contributed by atoms with E-state index in [1.54, 1.807) is 12.1 Å². The Morgan fingerprint density at radius 2 is 2.26 bits per heavy atom. The minimum absolute atomic E-state index is 0.0132. The smallest absolute Gasteiger partial charge is 0.131 e. The van der Waals surface area contributed by atoms with Gasteiger partial charge in [-0.25, -0.2) is 4.39 Å². The van der Waals surface area contributed by atoms with Gasteiger partial charge >= 0.3 is 0 Å². The summed E-state index contributed by atoms with van der Waals surface area (Å²) < 4.78 is 19.1. The van der Waals surface area contributed by atoms with Crippen molar-refractivity contribution in [2.24, 2.45) is 0 Å². The van der Waals surface area contributed by atoms with Crippen molar-refractivity contribution in [2.75, 3.05) is 13.7 Å². The lowest BCUT2D eigenvalue weighted by Crippen LogP contribution is -2.23. The van der Waals surface area contributed by atoms with Gasteiger partial charge in [-0.3, -0.25) is 0 Å². The molecule has 0 aromatic heterocycles. The zero-order chi connectivity index (χ0) is 14.1. The highest BCUT2D eigenvalue weighted by atomic mass is 19.1. The van der Waals surface area contributed by atoms with Crippen LogP contribution in [-0.4, -0.2) is 13.7 Å². The molecule has 0 aliphatic rings.